The number of amides is 1. The molecule has 1 fully saturated rings. The van der Waals surface area contributed by atoms with Crippen molar-refractivity contribution in [3.8, 4) is 0 Å². The monoisotopic (exact) mass is 912 g/mol. The Bertz CT molecular complexity index is 970. The number of rotatable bonds is 49. The lowest BCUT2D eigenvalue weighted by Gasteiger charge is -2.40. The van der Waals surface area contributed by atoms with Crippen LogP contribution in [0.5, 0.6) is 0 Å². The summed E-state index contributed by atoms with van der Waals surface area (Å²) in [5.74, 6) is -0.137. The highest BCUT2D eigenvalue weighted by Gasteiger charge is 2.44. The lowest BCUT2D eigenvalue weighted by atomic mass is 9.99. The van der Waals surface area contributed by atoms with Crippen LogP contribution in [-0.2, 0) is 14.3 Å². The van der Waals surface area contributed by atoms with Gasteiger partial charge in [-0.15, -0.1) is 0 Å². The number of aliphatic hydroxyl groups excluding tert-OH is 5. The molecule has 64 heavy (non-hydrogen) atoms. The Morgan fingerprint density at radius 2 is 0.781 bits per heavy atom. The van der Waals surface area contributed by atoms with Gasteiger partial charge in [0.15, 0.2) is 6.29 Å². The van der Waals surface area contributed by atoms with Gasteiger partial charge in [0, 0.05) is 6.42 Å². The second-order valence-corrected chi connectivity index (χ2v) is 20.1. The number of hydrogen-bond donors (Lipinski definition) is 6. The molecule has 1 heterocycles. The molecule has 0 bridgehead atoms. The van der Waals surface area contributed by atoms with Crippen LogP contribution in [0.3, 0.4) is 0 Å². The first-order chi connectivity index (χ1) is 31.3. The predicted octanol–water partition coefficient (Wildman–Crippen LogP) is 13.5. The highest BCUT2D eigenvalue weighted by atomic mass is 16.7. The molecule has 0 aromatic carbocycles. The molecule has 0 spiro atoms. The van der Waals surface area contributed by atoms with Crippen LogP contribution < -0.4 is 5.32 Å². The van der Waals surface area contributed by atoms with E-state index in [-0.39, 0.29) is 12.5 Å². The minimum Gasteiger partial charge on any atom is -0.394 e. The van der Waals surface area contributed by atoms with Gasteiger partial charge >= 0.3 is 0 Å². The van der Waals surface area contributed by atoms with E-state index in [1.165, 1.54) is 225 Å². The summed E-state index contributed by atoms with van der Waals surface area (Å²) in [6, 6.07) is -0.713. The number of aliphatic hydroxyl groups is 5. The molecule has 6 N–H and O–H groups in total. The summed E-state index contributed by atoms with van der Waals surface area (Å²) >= 11 is 0. The molecule has 0 saturated carbocycles. The minimum atomic E-state index is -1.55. The first kappa shape index (κ1) is 61.2. The van der Waals surface area contributed by atoms with E-state index in [9.17, 15) is 30.3 Å². The van der Waals surface area contributed by atoms with E-state index in [1.54, 1.807) is 0 Å². The predicted molar refractivity (Wildman–Crippen MR) is 268 cm³/mol. The lowest BCUT2D eigenvalue weighted by molar-refractivity contribution is -0.302. The van der Waals surface area contributed by atoms with E-state index < -0.39 is 49.5 Å². The van der Waals surface area contributed by atoms with Crippen molar-refractivity contribution in [3.05, 3.63) is 0 Å². The molecule has 1 aliphatic heterocycles. The Hall–Kier alpha value is -0.810. The lowest BCUT2D eigenvalue weighted by Crippen LogP contribution is -2.60. The summed E-state index contributed by atoms with van der Waals surface area (Å²) in [5, 5.41) is 54.6. The summed E-state index contributed by atoms with van der Waals surface area (Å²) in [4.78, 5) is 13.0. The van der Waals surface area contributed by atoms with Crippen LogP contribution in [0.2, 0.25) is 0 Å². The number of hydrogen-bond acceptors (Lipinski definition) is 8. The molecule has 9 nitrogen and oxygen atoms in total. The molecule has 1 amide bonds. The Morgan fingerprint density at radius 1 is 0.469 bits per heavy atom. The van der Waals surface area contributed by atoms with Crippen LogP contribution in [0.15, 0.2) is 0 Å². The number of unbranched alkanes of at least 4 members (excludes halogenated alkanes) is 39. The van der Waals surface area contributed by atoms with E-state index in [0.717, 1.165) is 38.5 Å². The van der Waals surface area contributed by atoms with Crippen LogP contribution in [0.25, 0.3) is 0 Å². The molecule has 0 aromatic heterocycles. The van der Waals surface area contributed by atoms with Gasteiger partial charge in [-0.25, -0.2) is 0 Å². The molecule has 7 atom stereocenters. The smallest absolute Gasteiger partial charge is 0.220 e. The zero-order chi connectivity index (χ0) is 46.6. The van der Waals surface area contributed by atoms with E-state index in [1.807, 2.05) is 0 Å². The Labute approximate surface area is 395 Å². The van der Waals surface area contributed by atoms with Crippen LogP contribution in [0.1, 0.15) is 290 Å². The molecule has 1 rings (SSSR count). The maximum Gasteiger partial charge on any atom is 0.220 e. The average Bonchev–Trinajstić information content (AvgIpc) is 3.29. The molecule has 7 unspecified atom stereocenters. The van der Waals surface area contributed by atoms with Gasteiger partial charge in [0.05, 0.1) is 25.4 Å². The summed E-state index contributed by atoms with van der Waals surface area (Å²) in [6.07, 6.45) is 47.0. The maximum atomic E-state index is 13.0. The van der Waals surface area contributed by atoms with Gasteiger partial charge in [-0.1, -0.05) is 271 Å². The van der Waals surface area contributed by atoms with Gasteiger partial charge in [-0.2, -0.15) is 0 Å². The van der Waals surface area contributed by atoms with Gasteiger partial charge in [-0.05, 0) is 12.8 Å². The topological polar surface area (TPSA) is 149 Å². The third-order valence-electron chi connectivity index (χ3n) is 14.0. The van der Waals surface area contributed by atoms with Gasteiger partial charge in [0.1, 0.15) is 24.4 Å². The highest BCUT2D eigenvalue weighted by molar-refractivity contribution is 5.76. The Kier molecular flexibility index (Phi) is 43.9. The van der Waals surface area contributed by atoms with Crippen LogP contribution in [0, 0.1) is 0 Å². The first-order valence-electron chi connectivity index (χ1n) is 28.2. The average molecular weight is 912 g/mol. The summed E-state index contributed by atoms with van der Waals surface area (Å²) < 4.78 is 11.3. The van der Waals surface area contributed by atoms with Crippen molar-refractivity contribution in [1.82, 2.24) is 5.32 Å². The number of carbonyl (C=O) groups is 1. The molecule has 382 valence electrons. The third kappa shape index (κ3) is 35.3. The standard InChI is InChI=1S/C55H109NO8/c1-3-5-7-9-11-13-15-17-19-21-22-23-24-25-26-27-28-29-30-32-34-36-38-40-42-44-49(58)48(47-63-55-54(62)53(61)52(60)50(46-57)64-55)56-51(59)45-43-41-39-37-35-33-31-20-18-16-14-12-10-8-6-4-2/h48-50,52-55,57-58,60-62H,3-47H2,1-2H3,(H,56,59). The zero-order valence-corrected chi connectivity index (χ0v) is 42.3. The van der Waals surface area contributed by atoms with Gasteiger partial charge in [0.2, 0.25) is 5.91 Å². The molecule has 1 aliphatic rings. The van der Waals surface area contributed by atoms with E-state index >= 15 is 0 Å². The SMILES string of the molecule is CCCCCCCCCCCCCCCCCCCCCCCCCCCC(O)C(COC1OC(CO)C(O)C(O)C1O)NC(=O)CCCCCCCCCCCCCCCCCC. The van der Waals surface area contributed by atoms with Crippen molar-refractivity contribution in [2.75, 3.05) is 13.2 Å². The summed E-state index contributed by atoms with van der Waals surface area (Å²) in [6.45, 7) is 3.88. The van der Waals surface area contributed by atoms with Crippen LogP contribution in [0.4, 0.5) is 0 Å². The van der Waals surface area contributed by atoms with Crippen molar-refractivity contribution >= 4 is 5.91 Å². The number of carbonyl (C=O) groups excluding carboxylic acids is 1. The van der Waals surface area contributed by atoms with Crippen molar-refractivity contribution in [3.63, 3.8) is 0 Å². The molecule has 0 aromatic rings. The molecule has 9 heteroatoms. The fourth-order valence-corrected chi connectivity index (χ4v) is 9.46. The van der Waals surface area contributed by atoms with Crippen LogP contribution >= 0.6 is 0 Å². The quantitative estimate of drug-likeness (QED) is 0.0331. The van der Waals surface area contributed by atoms with E-state index in [0.29, 0.717) is 12.8 Å². The van der Waals surface area contributed by atoms with Crippen LogP contribution in [-0.4, -0.2) is 87.5 Å². The zero-order valence-electron chi connectivity index (χ0n) is 42.3. The van der Waals surface area contributed by atoms with Gasteiger partial charge in [0.25, 0.3) is 0 Å². The molecular formula is C55H109NO8. The normalized spacial score (nSPS) is 19.9. The number of nitrogens with one attached hydrogen (secondary N) is 1. The Morgan fingerprint density at radius 3 is 1.11 bits per heavy atom. The largest absolute Gasteiger partial charge is 0.394 e. The van der Waals surface area contributed by atoms with Gasteiger partial charge in [-0.3, -0.25) is 4.79 Å². The fraction of sp³-hybridized carbons (Fsp3) is 0.982. The highest BCUT2D eigenvalue weighted by Crippen LogP contribution is 2.23. The second kappa shape index (κ2) is 45.9. The summed E-state index contributed by atoms with van der Waals surface area (Å²) in [5.41, 5.74) is 0. The molecule has 0 radical (unpaired) electrons. The van der Waals surface area contributed by atoms with Crippen molar-refractivity contribution < 1.29 is 39.8 Å². The van der Waals surface area contributed by atoms with Crippen molar-refractivity contribution in [2.24, 2.45) is 0 Å². The fourth-order valence-electron chi connectivity index (χ4n) is 9.46. The molecule has 1 saturated heterocycles. The van der Waals surface area contributed by atoms with E-state index in [2.05, 4.69) is 19.2 Å². The second-order valence-electron chi connectivity index (χ2n) is 20.1. The Balaban J connectivity index is 2.19. The molecule has 0 aliphatic carbocycles. The molecular weight excluding hydrogens is 803 g/mol. The van der Waals surface area contributed by atoms with E-state index in [4.69, 9.17) is 9.47 Å². The first-order valence-corrected chi connectivity index (χ1v) is 28.2. The van der Waals surface area contributed by atoms with Gasteiger partial charge < -0.3 is 40.3 Å². The van der Waals surface area contributed by atoms with Crippen molar-refractivity contribution in [1.29, 1.82) is 0 Å². The summed E-state index contributed by atoms with van der Waals surface area (Å²) in [7, 11) is 0. The minimum absolute atomic E-state index is 0.131. The number of ether oxygens (including phenoxy) is 2. The maximum absolute atomic E-state index is 13.0. The third-order valence-corrected chi connectivity index (χ3v) is 14.0. The van der Waals surface area contributed by atoms with Crippen molar-refractivity contribution in [2.45, 2.75) is 333 Å².